The Kier molecular flexibility index (Phi) is 7.20. The molecule has 0 aliphatic carbocycles. The number of hydrogen-bond acceptors (Lipinski definition) is 7. The number of fused-ring (bicyclic) bond motifs is 1. The highest BCUT2D eigenvalue weighted by Gasteiger charge is 2.37. The maximum absolute atomic E-state index is 13.1. The molecular formula is C24H26N2O6S. The molecule has 2 aliphatic rings. The molecule has 0 saturated carbocycles. The lowest BCUT2D eigenvalue weighted by Gasteiger charge is -2.28. The number of carbonyl (C=O) groups excluding carboxylic acids is 3. The fraction of sp³-hybridized carbons (Fsp3) is 0.375. The maximum Gasteiger partial charge on any atom is 0.294 e. The molecule has 0 atom stereocenters. The standard InChI is InChI=1S/C24H26N2O6S/c1-3-31-17-7-5-16-6-8-20(32-4-2)19(18(16)13-17)14-21-23(28)26(24(29)33-21)15-22(27)25-9-11-30-12-10-25/h5-8,13-14H,3-4,9-12,15H2,1-2H3/b21-14-. The summed E-state index contributed by atoms with van der Waals surface area (Å²) >= 11 is 0.831. The highest BCUT2D eigenvalue weighted by Crippen LogP contribution is 2.37. The fourth-order valence-electron chi connectivity index (χ4n) is 3.80. The molecule has 0 unspecified atom stereocenters. The van der Waals surface area contributed by atoms with Gasteiger partial charge in [0.2, 0.25) is 5.91 Å². The third-order valence-corrected chi connectivity index (χ3v) is 6.32. The van der Waals surface area contributed by atoms with Crippen LogP contribution in [-0.4, -0.2) is 72.9 Å². The lowest BCUT2D eigenvalue weighted by molar-refractivity contribution is -0.139. The van der Waals surface area contributed by atoms with Crippen LogP contribution in [0.4, 0.5) is 4.79 Å². The average Bonchev–Trinajstić information content (AvgIpc) is 3.09. The van der Waals surface area contributed by atoms with Crippen LogP contribution in [0.3, 0.4) is 0 Å². The van der Waals surface area contributed by atoms with E-state index in [4.69, 9.17) is 14.2 Å². The molecule has 3 amide bonds. The van der Waals surface area contributed by atoms with Gasteiger partial charge in [-0.3, -0.25) is 19.3 Å². The molecule has 2 aromatic rings. The minimum absolute atomic E-state index is 0.255. The Morgan fingerprint density at radius 1 is 1.09 bits per heavy atom. The Bertz CT molecular complexity index is 1100. The normalized spacial score (nSPS) is 17.8. The van der Waals surface area contributed by atoms with Crippen molar-refractivity contribution >= 4 is 45.7 Å². The van der Waals surface area contributed by atoms with Crippen molar-refractivity contribution in [1.29, 1.82) is 0 Å². The first-order valence-corrected chi connectivity index (χ1v) is 11.8. The summed E-state index contributed by atoms with van der Waals surface area (Å²) in [6.07, 6.45) is 1.67. The van der Waals surface area contributed by atoms with Gasteiger partial charge in [-0.05, 0) is 60.7 Å². The van der Waals surface area contributed by atoms with Crippen LogP contribution in [0.5, 0.6) is 11.5 Å². The summed E-state index contributed by atoms with van der Waals surface area (Å²) in [5.74, 6) is 0.572. The number of morpholine rings is 1. The predicted molar refractivity (Wildman–Crippen MR) is 126 cm³/mol. The molecule has 2 saturated heterocycles. The average molecular weight is 471 g/mol. The SMILES string of the molecule is CCOc1ccc2ccc(OCC)c(/C=C3\SC(=O)N(CC(=O)N4CCOCC4)C3=O)c2c1. The second kappa shape index (κ2) is 10.3. The van der Waals surface area contributed by atoms with Gasteiger partial charge >= 0.3 is 0 Å². The van der Waals surface area contributed by atoms with E-state index in [9.17, 15) is 14.4 Å². The van der Waals surface area contributed by atoms with Crippen molar-refractivity contribution in [3.8, 4) is 11.5 Å². The van der Waals surface area contributed by atoms with Crippen molar-refractivity contribution in [2.75, 3.05) is 46.1 Å². The summed E-state index contributed by atoms with van der Waals surface area (Å²) in [5, 5.41) is 1.35. The predicted octanol–water partition coefficient (Wildman–Crippen LogP) is 3.53. The van der Waals surface area contributed by atoms with Gasteiger partial charge in [0.25, 0.3) is 11.1 Å². The number of ether oxygens (including phenoxy) is 3. The molecule has 0 bridgehead atoms. The van der Waals surface area contributed by atoms with Crippen LogP contribution in [-0.2, 0) is 14.3 Å². The number of hydrogen-bond donors (Lipinski definition) is 0. The fourth-order valence-corrected chi connectivity index (χ4v) is 4.62. The van der Waals surface area contributed by atoms with Crippen LogP contribution in [0.25, 0.3) is 16.8 Å². The largest absolute Gasteiger partial charge is 0.494 e. The Hall–Kier alpha value is -3.04. The number of carbonyl (C=O) groups is 3. The van der Waals surface area contributed by atoms with Crippen molar-refractivity contribution < 1.29 is 28.6 Å². The summed E-state index contributed by atoms with van der Waals surface area (Å²) in [6.45, 7) is 6.34. The molecule has 0 N–H and O–H groups in total. The second-order valence-corrected chi connectivity index (χ2v) is 8.48. The van der Waals surface area contributed by atoms with Crippen molar-refractivity contribution in [2.24, 2.45) is 0 Å². The molecule has 174 valence electrons. The van der Waals surface area contributed by atoms with Gasteiger partial charge in [0.15, 0.2) is 0 Å². The number of thioether (sulfide) groups is 1. The first-order chi connectivity index (χ1) is 16.0. The second-order valence-electron chi connectivity index (χ2n) is 7.49. The van der Waals surface area contributed by atoms with Gasteiger partial charge in [0.05, 0.1) is 31.3 Å². The van der Waals surface area contributed by atoms with E-state index in [0.717, 1.165) is 27.4 Å². The summed E-state index contributed by atoms with van der Waals surface area (Å²) in [6, 6.07) is 9.53. The van der Waals surface area contributed by atoms with Crippen LogP contribution < -0.4 is 9.47 Å². The molecule has 9 heteroatoms. The number of nitrogens with zero attached hydrogens (tertiary/aromatic N) is 2. The molecule has 33 heavy (non-hydrogen) atoms. The van der Waals surface area contributed by atoms with E-state index in [1.807, 2.05) is 44.2 Å². The zero-order valence-corrected chi connectivity index (χ0v) is 19.5. The topological polar surface area (TPSA) is 85.4 Å². The smallest absolute Gasteiger partial charge is 0.294 e. The van der Waals surface area contributed by atoms with E-state index >= 15 is 0 Å². The number of benzene rings is 2. The van der Waals surface area contributed by atoms with Crippen LogP contribution in [0, 0.1) is 0 Å². The summed E-state index contributed by atoms with van der Waals surface area (Å²) < 4.78 is 16.7. The minimum atomic E-state index is -0.480. The van der Waals surface area contributed by atoms with Gasteiger partial charge in [0, 0.05) is 18.7 Å². The Morgan fingerprint density at radius 3 is 2.55 bits per heavy atom. The molecule has 2 heterocycles. The van der Waals surface area contributed by atoms with Gasteiger partial charge in [-0.15, -0.1) is 0 Å². The summed E-state index contributed by atoms with van der Waals surface area (Å²) in [7, 11) is 0. The summed E-state index contributed by atoms with van der Waals surface area (Å²) in [4.78, 5) is 41.1. The van der Waals surface area contributed by atoms with E-state index in [-0.39, 0.29) is 17.4 Å². The molecule has 8 nitrogen and oxygen atoms in total. The zero-order chi connectivity index (χ0) is 23.4. The highest BCUT2D eigenvalue weighted by atomic mass is 32.2. The number of amides is 3. The lowest BCUT2D eigenvalue weighted by Crippen LogP contribution is -2.46. The number of rotatable bonds is 7. The van der Waals surface area contributed by atoms with E-state index in [0.29, 0.717) is 56.6 Å². The first-order valence-electron chi connectivity index (χ1n) is 10.9. The van der Waals surface area contributed by atoms with E-state index < -0.39 is 11.1 Å². The summed E-state index contributed by atoms with van der Waals surface area (Å²) in [5.41, 5.74) is 0.695. The highest BCUT2D eigenvalue weighted by molar-refractivity contribution is 8.18. The van der Waals surface area contributed by atoms with Crippen LogP contribution in [0.1, 0.15) is 19.4 Å². The lowest BCUT2D eigenvalue weighted by atomic mass is 10.0. The molecular weight excluding hydrogens is 444 g/mol. The van der Waals surface area contributed by atoms with Crippen LogP contribution >= 0.6 is 11.8 Å². The van der Waals surface area contributed by atoms with Gasteiger partial charge in [-0.1, -0.05) is 12.1 Å². The van der Waals surface area contributed by atoms with Gasteiger partial charge in [0.1, 0.15) is 18.0 Å². The van der Waals surface area contributed by atoms with Gasteiger partial charge in [-0.2, -0.15) is 0 Å². The Balaban J connectivity index is 1.66. The monoisotopic (exact) mass is 470 g/mol. The molecule has 2 aliphatic heterocycles. The molecule has 0 spiro atoms. The minimum Gasteiger partial charge on any atom is -0.494 e. The van der Waals surface area contributed by atoms with Crippen molar-refractivity contribution in [3.63, 3.8) is 0 Å². The van der Waals surface area contributed by atoms with Gasteiger partial charge in [-0.25, -0.2) is 0 Å². The number of imide groups is 1. The van der Waals surface area contributed by atoms with Gasteiger partial charge < -0.3 is 19.1 Å². The van der Waals surface area contributed by atoms with E-state index in [1.54, 1.807) is 11.0 Å². The zero-order valence-electron chi connectivity index (χ0n) is 18.7. The van der Waals surface area contributed by atoms with Crippen molar-refractivity contribution in [3.05, 3.63) is 40.8 Å². The Labute approximate surface area is 196 Å². The third kappa shape index (κ3) is 4.99. The molecule has 4 rings (SSSR count). The van der Waals surface area contributed by atoms with Crippen molar-refractivity contribution in [1.82, 2.24) is 9.80 Å². The van der Waals surface area contributed by atoms with E-state index in [2.05, 4.69) is 0 Å². The Morgan fingerprint density at radius 2 is 1.82 bits per heavy atom. The van der Waals surface area contributed by atoms with Crippen LogP contribution in [0.2, 0.25) is 0 Å². The first kappa shape index (κ1) is 23.1. The van der Waals surface area contributed by atoms with E-state index in [1.165, 1.54) is 0 Å². The molecule has 0 aromatic heterocycles. The molecule has 2 aromatic carbocycles. The quantitative estimate of drug-likeness (QED) is 0.572. The molecule has 0 radical (unpaired) electrons. The maximum atomic E-state index is 13.1. The van der Waals surface area contributed by atoms with Crippen LogP contribution in [0.15, 0.2) is 35.2 Å². The van der Waals surface area contributed by atoms with Crippen molar-refractivity contribution in [2.45, 2.75) is 13.8 Å². The third-order valence-electron chi connectivity index (χ3n) is 5.41. The molecule has 2 fully saturated rings.